The van der Waals surface area contributed by atoms with Crippen LogP contribution in [0.3, 0.4) is 0 Å². The number of ether oxygens (including phenoxy) is 1. The van der Waals surface area contributed by atoms with Crippen molar-refractivity contribution >= 4 is 22.9 Å². The summed E-state index contributed by atoms with van der Waals surface area (Å²) in [4.78, 5) is 12.9. The average Bonchev–Trinajstić information content (AvgIpc) is 2.90. The molecule has 3 nitrogen and oxygen atoms in total. The van der Waals surface area contributed by atoms with Crippen LogP contribution < -0.4 is 10.1 Å². The third-order valence-electron chi connectivity index (χ3n) is 2.61. The lowest BCUT2D eigenvalue weighted by Crippen LogP contribution is -2.12. The molecule has 100 valence electrons. The number of anilines is 1. The molecule has 0 radical (unpaired) electrons. The van der Waals surface area contributed by atoms with E-state index in [4.69, 9.17) is 4.74 Å². The fourth-order valence-electron chi connectivity index (χ4n) is 1.66. The number of carbonyl (C=O) groups excluding carboxylic acids is 1. The number of methoxy groups -OCH3 is 1. The minimum Gasteiger partial charge on any atom is -0.494 e. The maximum atomic E-state index is 13.4. The van der Waals surface area contributed by atoms with Gasteiger partial charge in [0, 0.05) is 23.1 Å². The normalized spacial score (nSPS) is 10.2. The SMILES string of the molecule is COc1ccc(NC(=O)CCc2cccs2)cc1F. The lowest BCUT2D eigenvalue weighted by Gasteiger charge is -2.07. The Morgan fingerprint density at radius 3 is 2.89 bits per heavy atom. The number of benzene rings is 1. The fourth-order valence-corrected chi connectivity index (χ4v) is 2.37. The maximum absolute atomic E-state index is 13.4. The van der Waals surface area contributed by atoms with Gasteiger partial charge in [-0.25, -0.2) is 4.39 Å². The van der Waals surface area contributed by atoms with Crippen molar-refractivity contribution in [2.45, 2.75) is 12.8 Å². The summed E-state index contributed by atoms with van der Waals surface area (Å²) in [5.74, 6) is -0.451. The van der Waals surface area contributed by atoms with Gasteiger partial charge in [0.25, 0.3) is 0 Å². The number of hydrogen-bond acceptors (Lipinski definition) is 3. The Kier molecular flexibility index (Phi) is 4.52. The van der Waals surface area contributed by atoms with Crippen molar-refractivity contribution in [3.05, 3.63) is 46.4 Å². The second-order valence-electron chi connectivity index (χ2n) is 3.98. The van der Waals surface area contributed by atoms with Crippen LogP contribution in [0.2, 0.25) is 0 Å². The molecule has 1 aromatic carbocycles. The zero-order valence-electron chi connectivity index (χ0n) is 10.5. The number of thiophene rings is 1. The van der Waals surface area contributed by atoms with E-state index in [1.54, 1.807) is 17.4 Å². The Hall–Kier alpha value is -1.88. The minimum absolute atomic E-state index is 0.127. The molecule has 1 N–H and O–H groups in total. The van der Waals surface area contributed by atoms with E-state index >= 15 is 0 Å². The zero-order valence-corrected chi connectivity index (χ0v) is 11.3. The molecule has 1 heterocycles. The number of hydrogen-bond donors (Lipinski definition) is 1. The molecule has 0 atom stereocenters. The number of halogens is 1. The number of amides is 1. The molecule has 5 heteroatoms. The molecule has 0 fully saturated rings. The molecule has 19 heavy (non-hydrogen) atoms. The largest absolute Gasteiger partial charge is 0.494 e. The molecule has 2 rings (SSSR count). The van der Waals surface area contributed by atoms with Gasteiger partial charge in [0.15, 0.2) is 11.6 Å². The molecule has 0 unspecified atom stereocenters. The van der Waals surface area contributed by atoms with E-state index in [1.165, 1.54) is 19.2 Å². The van der Waals surface area contributed by atoms with Crippen LogP contribution in [0.4, 0.5) is 10.1 Å². The molecule has 0 bridgehead atoms. The summed E-state index contributed by atoms with van der Waals surface area (Å²) in [5.41, 5.74) is 0.439. The molecule has 2 aromatic rings. The first-order chi connectivity index (χ1) is 9.19. The van der Waals surface area contributed by atoms with E-state index in [0.717, 1.165) is 4.88 Å². The second-order valence-corrected chi connectivity index (χ2v) is 5.01. The van der Waals surface area contributed by atoms with Crippen molar-refractivity contribution in [1.82, 2.24) is 0 Å². The van der Waals surface area contributed by atoms with Crippen molar-refractivity contribution in [3.63, 3.8) is 0 Å². The van der Waals surface area contributed by atoms with E-state index in [-0.39, 0.29) is 11.7 Å². The van der Waals surface area contributed by atoms with E-state index in [1.807, 2.05) is 17.5 Å². The number of aryl methyl sites for hydroxylation is 1. The Balaban J connectivity index is 1.90. The van der Waals surface area contributed by atoms with Gasteiger partial charge in [-0.15, -0.1) is 11.3 Å². The highest BCUT2D eigenvalue weighted by Gasteiger charge is 2.07. The predicted octanol–water partition coefficient (Wildman–Crippen LogP) is 3.47. The van der Waals surface area contributed by atoms with Crippen molar-refractivity contribution in [2.75, 3.05) is 12.4 Å². The molecule has 0 aliphatic carbocycles. The highest BCUT2D eigenvalue weighted by molar-refractivity contribution is 7.09. The van der Waals surface area contributed by atoms with Crippen molar-refractivity contribution in [2.24, 2.45) is 0 Å². The third kappa shape index (κ3) is 3.79. The summed E-state index contributed by atoms with van der Waals surface area (Å²) in [6.45, 7) is 0. The van der Waals surface area contributed by atoms with Crippen molar-refractivity contribution in [3.8, 4) is 5.75 Å². The standard InChI is InChI=1S/C14H14FNO2S/c1-18-13-6-4-10(9-12(13)15)16-14(17)7-5-11-3-2-8-19-11/h2-4,6,8-9H,5,7H2,1H3,(H,16,17). The summed E-state index contributed by atoms with van der Waals surface area (Å²) in [6, 6.07) is 8.30. The van der Waals surface area contributed by atoms with Gasteiger partial charge in [-0.1, -0.05) is 6.07 Å². The first kappa shape index (κ1) is 13.5. The summed E-state index contributed by atoms with van der Waals surface area (Å²) in [7, 11) is 1.40. The number of rotatable bonds is 5. The Bertz CT molecular complexity index is 555. The van der Waals surface area contributed by atoms with Crippen molar-refractivity contribution in [1.29, 1.82) is 0 Å². The lowest BCUT2D eigenvalue weighted by atomic mass is 10.2. The van der Waals surface area contributed by atoms with Crippen LogP contribution in [-0.2, 0) is 11.2 Å². The van der Waals surface area contributed by atoms with Gasteiger partial charge >= 0.3 is 0 Å². The van der Waals surface area contributed by atoms with E-state index in [2.05, 4.69) is 5.32 Å². The van der Waals surface area contributed by atoms with Gasteiger partial charge in [-0.2, -0.15) is 0 Å². The van der Waals surface area contributed by atoms with E-state index in [0.29, 0.717) is 18.5 Å². The molecule has 0 aliphatic rings. The monoisotopic (exact) mass is 279 g/mol. The third-order valence-corrected chi connectivity index (χ3v) is 3.55. The van der Waals surface area contributed by atoms with Crippen LogP contribution in [0.1, 0.15) is 11.3 Å². The van der Waals surface area contributed by atoms with Gasteiger partial charge in [0.2, 0.25) is 5.91 Å². The minimum atomic E-state index is -0.487. The van der Waals surface area contributed by atoms with Crippen LogP contribution >= 0.6 is 11.3 Å². The smallest absolute Gasteiger partial charge is 0.224 e. The quantitative estimate of drug-likeness (QED) is 0.910. The zero-order chi connectivity index (χ0) is 13.7. The molecule has 0 spiro atoms. The highest BCUT2D eigenvalue weighted by Crippen LogP contribution is 2.21. The van der Waals surface area contributed by atoms with Crippen molar-refractivity contribution < 1.29 is 13.9 Å². The first-order valence-electron chi connectivity index (χ1n) is 5.85. The molecule has 0 aliphatic heterocycles. The molecule has 1 amide bonds. The van der Waals surface area contributed by atoms with Crippen LogP contribution in [0.15, 0.2) is 35.7 Å². The highest BCUT2D eigenvalue weighted by atomic mass is 32.1. The predicted molar refractivity (Wildman–Crippen MR) is 74.2 cm³/mol. The summed E-state index contributed by atoms with van der Waals surface area (Å²) >= 11 is 1.62. The lowest BCUT2D eigenvalue weighted by molar-refractivity contribution is -0.116. The Morgan fingerprint density at radius 2 is 2.26 bits per heavy atom. The Labute approximate surface area is 115 Å². The van der Waals surface area contributed by atoms with Crippen LogP contribution in [0, 0.1) is 5.82 Å². The average molecular weight is 279 g/mol. The van der Waals surface area contributed by atoms with Crippen LogP contribution in [0.5, 0.6) is 5.75 Å². The fraction of sp³-hybridized carbons (Fsp3) is 0.214. The molecule has 0 saturated heterocycles. The molecule has 1 aromatic heterocycles. The topological polar surface area (TPSA) is 38.3 Å². The molecular formula is C14H14FNO2S. The Morgan fingerprint density at radius 1 is 1.42 bits per heavy atom. The van der Waals surface area contributed by atoms with Crippen LogP contribution in [-0.4, -0.2) is 13.0 Å². The summed E-state index contributed by atoms with van der Waals surface area (Å²) in [5, 5.41) is 4.64. The van der Waals surface area contributed by atoms with Crippen LogP contribution in [0.25, 0.3) is 0 Å². The first-order valence-corrected chi connectivity index (χ1v) is 6.73. The van der Waals surface area contributed by atoms with E-state index in [9.17, 15) is 9.18 Å². The van der Waals surface area contributed by atoms with Gasteiger partial charge in [-0.3, -0.25) is 4.79 Å². The molecular weight excluding hydrogens is 265 g/mol. The summed E-state index contributed by atoms with van der Waals surface area (Å²) in [6.07, 6.45) is 1.08. The van der Waals surface area contributed by atoms with Gasteiger partial charge < -0.3 is 10.1 Å². The second kappa shape index (κ2) is 6.33. The number of carbonyl (C=O) groups is 1. The van der Waals surface area contributed by atoms with Gasteiger partial charge in [-0.05, 0) is 30.0 Å². The maximum Gasteiger partial charge on any atom is 0.224 e. The van der Waals surface area contributed by atoms with Gasteiger partial charge in [0.1, 0.15) is 0 Å². The van der Waals surface area contributed by atoms with Gasteiger partial charge in [0.05, 0.1) is 7.11 Å². The summed E-state index contributed by atoms with van der Waals surface area (Å²) < 4.78 is 18.3. The number of nitrogens with one attached hydrogen (secondary N) is 1. The van der Waals surface area contributed by atoms with E-state index < -0.39 is 5.82 Å². The molecule has 0 saturated carbocycles.